The van der Waals surface area contributed by atoms with E-state index in [0.29, 0.717) is 0 Å². The molecule has 0 aliphatic carbocycles. The summed E-state index contributed by atoms with van der Waals surface area (Å²) in [5, 5.41) is 8.60. The molecule has 0 fully saturated rings. The Hall–Kier alpha value is -1.03. The first kappa shape index (κ1) is 10.1. The molecule has 0 aliphatic rings. The van der Waals surface area contributed by atoms with Crippen LogP contribution in [-0.4, -0.2) is 33.4 Å². The minimum atomic E-state index is -5.11. The summed E-state index contributed by atoms with van der Waals surface area (Å²) in [6.07, 6.45) is 0. The molecule has 6 heteroatoms. The zero-order valence-corrected chi connectivity index (χ0v) is 8.29. The van der Waals surface area contributed by atoms with Gasteiger partial charge in [0.15, 0.2) is 0 Å². The van der Waals surface area contributed by atoms with E-state index in [1.54, 1.807) is 0 Å². The minimum absolute atomic E-state index is 0.338. The molecule has 0 spiro atoms. The molecule has 3 N–H and O–H groups in total. The normalized spacial score (nSPS) is 11.2. The fourth-order valence-electron chi connectivity index (χ4n) is 0.908. The average molecular weight is 246 g/mol. The van der Waals surface area contributed by atoms with E-state index in [4.69, 9.17) is 13.3 Å². The van der Waals surface area contributed by atoms with Crippen LogP contribution in [-0.2, 0) is 3.74 Å². The van der Waals surface area contributed by atoms with Crippen LogP contribution in [0.3, 0.4) is 0 Å². The van der Waals surface area contributed by atoms with Crippen molar-refractivity contribution in [3.63, 3.8) is 0 Å². The van der Waals surface area contributed by atoms with Gasteiger partial charge in [-0.15, -0.1) is 0 Å². The van der Waals surface area contributed by atoms with Gasteiger partial charge in [0, 0.05) is 0 Å². The van der Waals surface area contributed by atoms with E-state index in [1.165, 1.54) is 12.1 Å². The van der Waals surface area contributed by atoms with Crippen LogP contribution in [0.4, 0.5) is 0 Å². The van der Waals surface area contributed by atoms with Gasteiger partial charge in [-0.3, -0.25) is 0 Å². The molecule has 1 rings (SSSR count). The van der Waals surface area contributed by atoms with Crippen LogP contribution in [0.2, 0.25) is 0 Å². The molecule has 5 nitrogen and oxygen atoms in total. The van der Waals surface area contributed by atoms with Gasteiger partial charge in [-0.05, 0) is 0 Å². The second kappa shape index (κ2) is 3.38. The molecule has 0 aliphatic heterocycles. The number of aromatic carboxylic acids is 1. The third-order valence-corrected chi connectivity index (χ3v) is 3.58. The van der Waals surface area contributed by atoms with E-state index in [9.17, 15) is 8.53 Å². The van der Waals surface area contributed by atoms with Gasteiger partial charge in [0.1, 0.15) is 0 Å². The third kappa shape index (κ3) is 2.21. The van der Waals surface area contributed by atoms with E-state index in [0.717, 1.165) is 12.1 Å². The molecular weight excluding hydrogens is 239 g/mol. The molecule has 0 radical (unpaired) electrons. The molecule has 0 unspecified atom stereocenters. The molecule has 70 valence electrons. The van der Waals surface area contributed by atoms with Crippen LogP contribution in [0.25, 0.3) is 0 Å². The summed E-state index contributed by atoms with van der Waals surface area (Å²) in [6, 6.07) is 5.10. The van der Waals surface area contributed by atoms with Gasteiger partial charge in [-0.2, -0.15) is 0 Å². The SMILES string of the molecule is O=C(O)c1ccccc1[As](=O)(O)O. The Morgan fingerprint density at radius 1 is 1.23 bits per heavy atom. The zero-order chi connectivity index (χ0) is 10.1. The quantitative estimate of drug-likeness (QED) is 0.578. The van der Waals surface area contributed by atoms with E-state index in [1.807, 2.05) is 0 Å². The van der Waals surface area contributed by atoms with E-state index in [2.05, 4.69) is 0 Å². The molecule has 1 aromatic rings. The number of rotatable bonds is 2. The maximum atomic E-state index is 10.9. The van der Waals surface area contributed by atoms with Crippen molar-refractivity contribution in [3.05, 3.63) is 29.8 Å². The summed E-state index contributed by atoms with van der Waals surface area (Å²) in [4.78, 5) is 10.5. The first-order valence-electron chi connectivity index (χ1n) is 3.31. The predicted octanol–water partition coefficient (Wildman–Crippen LogP) is -1.05. The van der Waals surface area contributed by atoms with Crippen molar-refractivity contribution in [1.82, 2.24) is 0 Å². The third-order valence-electron chi connectivity index (χ3n) is 1.45. The molecule has 0 atom stereocenters. The average Bonchev–Trinajstić information content (AvgIpc) is 2.03. The van der Waals surface area contributed by atoms with Crippen LogP contribution in [0.1, 0.15) is 10.4 Å². The van der Waals surface area contributed by atoms with Crippen LogP contribution in [0.15, 0.2) is 24.3 Å². The van der Waals surface area contributed by atoms with Gasteiger partial charge in [0.2, 0.25) is 0 Å². The van der Waals surface area contributed by atoms with E-state index < -0.39 is 24.5 Å². The van der Waals surface area contributed by atoms with Crippen LogP contribution in [0, 0.1) is 0 Å². The Morgan fingerprint density at radius 2 is 1.77 bits per heavy atom. The van der Waals surface area contributed by atoms with Crippen molar-refractivity contribution in [2.75, 3.05) is 0 Å². The Kier molecular flexibility index (Phi) is 2.61. The monoisotopic (exact) mass is 246 g/mol. The van der Waals surface area contributed by atoms with Crippen molar-refractivity contribution in [2.45, 2.75) is 0 Å². The topological polar surface area (TPSA) is 94.8 Å². The van der Waals surface area contributed by atoms with E-state index >= 15 is 0 Å². The predicted molar refractivity (Wildman–Crippen MR) is 43.9 cm³/mol. The molecule has 0 amide bonds. The number of hydrogen-bond donors (Lipinski definition) is 3. The Labute approximate surface area is 76.6 Å². The van der Waals surface area contributed by atoms with E-state index in [-0.39, 0.29) is 5.56 Å². The van der Waals surface area contributed by atoms with Crippen LogP contribution >= 0.6 is 0 Å². The summed E-state index contributed by atoms with van der Waals surface area (Å²) in [6.45, 7) is 0. The molecule has 0 saturated heterocycles. The fourth-order valence-corrected chi connectivity index (χ4v) is 2.51. The Morgan fingerprint density at radius 3 is 2.15 bits per heavy atom. The van der Waals surface area contributed by atoms with Gasteiger partial charge in [-0.1, -0.05) is 0 Å². The van der Waals surface area contributed by atoms with Crippen molar-refractivity contribution in [3.8, 4) is 0 Å². The fraction of sp³-hybridized carbons (Fsp3) is 0. The molecule has 1 aromatic carbocycles. The summed E-state index contributed by atoms with van der Waals surface area (Å²) >= 11 is -5.11. The second-order valence-electron chi connectivity index (χ2n) is 2.37. The molecule has 13 heavy (non-hydrogen) atoms. The van der Waals surface area contributed by atoms with Gasteiger partial charge in [0.25, 0.3) is 0 Å². The van der Waals surface area contributed by atoms with Gasteiger partial charge in [-0.25, -0.2) is 0 Å². The van der Waals surface area contributed by atoms with Gasteiger partial charge in [0.05, 0.1) is 0 Å². The first-order chi connectivity index (χ1) is 5.93. The summed E-state index contributed by atoms with van der Waals surface area (Å²) in [5.74, 6) is -1.33. The van der Waals surface area contributed by atoms with Crippen LogP contribution in [0.5, 0.6) is 0 Å². The molecule has 0 bridgehead atoms. The maximum absolute atomic E-state index is 10.9. The number of carboxylic acids is 1. The zero-order valence-electron chi connectivity index (χ0n) is 6.41. The molecule has 0 heterocycles. The number of benzene rings is 1. The summed E-state index contributed by atoms with van der Waals surface area (Å²) in [7, 11) is 0. The van der Waals surface area contributed by atoms with Gasteiger partial charge >= 0.3 is 76.2 Å². The molecular formula is C7H7AsO5. The Bertz CT molecular complexity index is 380. The summed E-state index contributed by atoms with van der Waals surface area (Å²) < 4.78 is 28.1. The van der Waals surface area contributed by atoms with Gasteiger partial charge < -0.3 is 0 Å². The molecule has 0 saturated carbocycles. The van der Waals surface area contributed by atoms with Crippen molar-refractivity contribution in [1.29, 1.82) is 0 Å². The Balaban J connectivity index is 3.37. The van der Waals surface area contributed by atoms with Crippen molar-refractivity contribution in [2.24, 2.45) is 0 Å². The number of hydrogen-bond acceptors (Lipinski definition) is 2. The van der Waals surface area contributed by atoms with Crippen molar-refractivity contribution < 1.29 is 21.8 Å². The van der Waals surface area contributed by atoms with Crippen molar-refractivity contribution >= 4 is 24.5 Å². The second-order valence-corrected chi connectivity index (χ2v) is 5.66. The first-order valence-corrected chi connectivity index (χ1v) is 6.69. The number of carbonyl (C=O) groups is 1. The van der Waals surface area contributed by atoms with Crippen LogP contribution < -0.4 is 4.35 Å². The number of carboxylic acid groups (broad SMARTS) is 1. The standard InChI is InChI=1S/C7H7AsO5/c9-7(10)5-3-1-2-4-6(5)8(11,12)13/h1-4H,(H,9,10)(H2,11,12,13). The summed E-state index contributed by atoms with van der Waals surface area (Å²) in [5.41, 5.74) is -0.338. The molecule has 0 aromatic heterocycles.